The second-order valence-electron chi connectivity index (χ2n) is 5.41. The van der Waals surface area contributed by atoms with E-state index in [-0.39, 0.29) is 16.2 Å². The van der Waals surface area contributed by atoms with E-state index in [1.165, 1.54) is 11.5 Å². The summed E-state index contributed by atoms with van der Waals surface area (Å²) >= 11 is 1.06. The monoisotopic (exact) mass is 323 g/mol. The van der Waals surface area contributed by atoms with Gasteiger partial charge in [0.25, 0.3) is 11.5 Å². The summed E-state index contributed by atoms with van der Waals surface area (Å²) in [5, 5.41) is 9.50. The number of carboxylic acid groups (broad SMARTS) is 1. The maximum absolute atomic E-state index is 12.8. The molecule has 1 atom stereocenters. The molecule has 1 unspecified atom stereocenters. The Morgan fingerprint density at radius 1 is 1.32 bits per heavy atom. The van der Waals surface area contributed by atoms with Gasteiger partial charge in [0.15, 0.2) is 0 Å². The number of aromatic nitrogens is 2. The minimum atomic E-state index is -1.12. The quantitative estimate of drug-likeness (QED) is 0.887. The van der Waals surface area contributed by atoms with Crippen molar-refractivity contribution in [3.8, 4) is 0 Å². The zero-order valence-corrected chi connectivity index (χ0v) is 13.5. The van der Waals surface area contributed by atoms with Crippen molar-refractivity contribution >= 4 is 33.4 Å². The average molecular weight is 323 g/mol. The lowest BCUT2D eigenvalue weighted by atomic mass is 10.1. The van der Waals surface area contributed by atoms with E-state index in [4.69, 9.17) is 5.73 Å². The minimum Gasteiger partial charge on any atom is -0.480 e. The van der Waals surface area contributed by atoms with Gasteiger partial charge in [-0.2, -0.15) is 0 Å². The molecule has 0 aliphatic carbocycles. The molecule has 0 spiro atoms. The number of carbonyl (C=O) groups is 2. The van der Waals surface area contributed by atoms with Crippen LogP contribution < -0.4 is 11.3 Å². The Hall–Kier alpha value is -2.22. The summed E-state index contributed by atoms with van der Waals surface area (Å²) in [5.41, 5.74) is 5.31. The lowest BCUT2D eigenvalue weighted by Gasteiger charge is -2.18. The van der Waals surface area contributed by atoms with Crippen LogP contribution in [-0.2, 0) is 4.79 Å². The number of nitrogens with zero attached hydrogens (tertiary/aromatic N) is 2. The third-order valence-electron chi connectivity index (χ3n) is 3.51. The van der Waals surface area contributed by atoms with E-state index in [0.717, 1.165) is 11.3 Å². The Morgan fingerprint density at radius 2 is 1.91 bits per heavy atom. The number of rotatable bonds is 4. The molecular weight excluding hydrogens is 306 g/mol. The van der Waals surface area contributed by atoms with Crippen LogP contribution in [0.1, 0.15) is 53.8 Å². The largest absolute Gasteiger partial charge is 0.480 e. The Labute approximate surface area is 130 Å². The molecule has 0 aliphatic rings. The van der Waals surface area contributed by atoms with Crippen molar-refractivity contribution in [2.24, 2.45) is 5.73 Å². The Morgan fingerprint density at radius 3 is 2.36 bits per heavy atom. The number of aliphatic carboxylic acids is 1. The zero-order valence-electron chi connectivity index (χ0n) is 12.7. The molecule has 0 saturated carbocycles. The number of aryl methyl sites for hydroxylation is 1. The molecule has 2 aromatic heterocycles. The van der Waals surface area contributed by atoms with Gasteiger partial charge in [0.2, 0.25) is 0 Å². The van der Waals surface area contributed by atoms with E-state index < -0.39 is 23.5 Å². The summed E-state index contributed by atoms with van der Waals surface area (Å²) in [6.45, 7) is 6.70. The number of fused-ring (bicyclic) bond motifs is 1. The van der Waals surface area contributed by atoms with Crippen LogP contribution in [0.5, 0.6) is 0 Å². The molecule has 2 rings (SSSR count). The normalized spacial score (nSPS) is 12.8. The fourth-order valence-corrected chi connectivity index (χ4v) is 3.37. The molecule has 3 N–H and O–H groups in total. The standard InChI is InChI=1S/C14H17N3O4S/c1-5(2)11-16-12-8(6(3)9(22-12)10(15)18)13(19)17(11)7(4)14(20)21/h5,7H,1-4H3,(H2,15,18)(H,20,21). The van der Waals surface area contributed by atoms with Crippen LogP contribution in [0, 0.1) is 6.92 Å². The number of thiophene rings is 1. The minimum absolute atomic E-state index is 0.140. The van der Waals surface area contributed by atoms with Gasteiger partial charge in [0, 0.05) is 5.92 Å². The molecule has 8 heteroatoms. The van der Waals surface area contributed by atoms with Crippen molar-refractivity contribution in [3.05, 3.63) is 26.6 Å². The van der Waals surface area contributed by atoms with E-state index in [1.807, 2.05) is 13.8 Å². The van der Waals surface area contributed by atoms with Gasteiger partial charge in [-0.1, -0.05) is 13.8 Å². The zero-order chi connectivity index (χ0) is 16.8. The molecule has 0 radical (unpaired) electrons. The van der Waals surface area contributed by atoms with Gasteiger partial charge in [0.05, 0.1) is 10.3 Å². The second-order valence-corrected chi connectivity index (χ2v) is 6.41. The van der Waals surface area contributed by atoms with Crippen LogP contribution in [0.4, 0.5) is 0 Å². The molecule has 0 aromatic carbocycles. The maximum Gasteiger partial charge on any atom is 0.326 e. The maximum atomic E-state index is 12.8. The van der Waals surface area contributed by atoms with E-state index in [0.29, 0.717) is 16.2 Å². The first-order valence-corrected chi connectivity index (χ1v) is 7.56. The summed E-state index contributed by atoms with van der Waals surface area (Å²) in [7, 11) is 0. The number of nitrogens with two attached hydrogens (primary N) is 1. The van der Waals surface area contributed by atoms with Crippen molar-refractivity contribution in [3.63, 3.8) is 0 Å². The van der Waals surface area contributed by atoms with Gasteiger partial charge < -0.3 is 10.8 Å². The summed E-state index contributed by atoms with van der Waals surface area (Å²) in [5.74, 6) is -1.50. The predicted octanol–water partition coefficient (Wildman–Crippen LogP) is 1.63. The van der Waals surface area contributed by atoms with Gasteiger partial charge in [-0.05, 0) is 19.4 Å². The first-order chi connectivity index (χ1) is 10.2. The van der Waals surface area contributed by atoms with Crippen molar-refractivity contribution < 1.29 is 14.7 Å². The van der Waals surface area contributed by atoms with Crippen molar-refractivity contribution in [2.75, 3.05) is 0 Å². The highest BCUT2D eigenvalue weighted by Crippen LogP contribution is 2.29. The van der Waals surface area contributed by atoms with Gasteiger partial charge in [0.1, 0.15) is 16.7 Å². The van der Waals surface area contributed by atoms with Gasteiger partial charge in [-0.15, -0.1) is 11.3 Å². The lowest BCUT2D eigenvalue weighted by Crippen LogP contribution is -2.32. The van der Waals surface area contributed by atoms with Crippen molar-refractivity contribution in [1.29, 1.82) is 0 Å². The van der Waals surface area contributed by atoms with E-state index in [1.54, 1.807) is 6.92 Å². The van der Waals surface area contributed by atoms with E-state index in [2.05, 4.69) is 4.98 Å². The van der Waals surface area contributed by atoms with Gasteiger partial charge >= 0.3 is 5.97 Å². The summed E-state index contributed by atoms with van der Waals surface area (Å²) in [6, 6.07) is -1.04. The highest BCUT2D eigenvalue weighted by Gasteiger charge is 2.25. The smallest absolute Gasteiger partial charge is 0.326 e. The van der Waals surface area contributed by atoms with E-state index in [9.17, 15) is 19.5 Å². The molecule has 2 heterocycles. The average Bonchev–Trinajstić information content (AvgIpc) is 2.75. The molecule has 22 heavy (non-hydrogen) atoms. The fraction of sp³-hybridized carbons (Fsp3) is 0.429. The lowest BCUT2D eigenvalue weighted by molar-refractivity contribution is -0.140. The molecule has 0 fully saturated rings. The summed E-state index contributed by atoms with van der Waals surface area (Å²) < 4.78 is 1.18. The fourth-order valence-electron chi connectivity index (χ4n) is 2.34. The van der Waals surface area contributed by atoms with Gasteiger partial charge in [-0.3, -0.25) is 14.2 Å². The number of hydrogen-bond donors (Lipinski definition) is 2. The molecule has 7 nitrogen and oxygen atoms in total. The topological polar surface area (TPSA) is 115 Å². The van der Waals surface area contributed by atoms with Crippen LogP contribution in [-0.4, -0.2) is 26.5 Å². The van der Waals surface area contributed by atoms with Crippen molar-refractivity contribution in [2.45, 2.75) is 39.7 Å². The van der Waals surface area contributed by atoms with Crippen LogP contribution in [0.25, 0.3) is 10.2 Å². The van der Waals surface area contributed by atoms with Crippen LogP contribution >= 0.6 is 11.3 Å². The molecule has 0 saturated heterocycles. The highest BCUT2D eigenvalue weighted by atomic mass is 32.1. The number of carbonyl (C=O) groups excluding carboxylic acids is 1. The third-order valence-corrected chi connectivity index (χ3v) is 4.71. The number of amides is 1. The summed E-state index contributed by atoms with van der Waals surface area (Å²) in [4.78, 5) is 40.6. The summed E-state index contributed by atoms with van der Waals surface area (Å²) in [6.07, 6.45) is 0. The number of hydrogen-bond acceptors (Lipinski definition) is 5. The number of carboxylic acids is 1. The molecular formula is C14H17N3O4S. The SMILES string of the molecule is Cc1c(C(N)=O)sc2nc(C(C)C)n(C(C)C(=O)O)c(=O)c12. The molecule has 0 aliphatic heterocycles. The number of primary amides is 1. The highest BCUT2D eigenvalue weighted by molar-refractivity contribution is 7.20. The Kier molecular flexibility index (Phi) is 4.06. The van der Waals surface area contributed by atoms with Crippen LogP contribution in [0.2, 0.25) is 0 Å². The molecule has 2 aromatic rings. The first kappa shape index (κ1) is 16.2. The van der Waals surface area contributed by atoms with Crippen LogP contribution in [0.15, 0.2) is 4.79 Å². The van der Waals surface area contributed by atoms with Gasteiger partial charge in [-0.25, -0.2) is 9.78 Å². The molecule has 1 amide bonds. The van der Waals surface area contributed by atoms with Crippen LogP contribution in [0.3, 0.4) is 0 Å². The molecule has 118 valence electrons. The Bertz CT molecular complexity index is 835. The predicted molar refractivity (Wildman–Crippen MR) is 83.6 cm³/mol. The second kappa shape index (κ2) is 5.53. The Balaban J connectivity index is 2.95. The third kappa shape index (κ3) is 2.39. The first-order valence-electron chi connectivity index (χ1n) is 6.74. The van der Waals surface area contributed by atoms with Crippen molar-refractivity contribution in [1.82, 2.24) is 9.55 Å². The molecule has 0 bridgehead atoms. The van der Waals surface area contributed by atoms with E-state index >= 15 is 0 Å².